The minimum absolute atomic E-state index is 1.10. The fraction of sp³-hybridized carbons (Fsp3) is 0.154. The molecule has 15 heavy (non-hydrogen) atoms. The number of rotatable bonds is 0. The van der Waals surface area contributed by atoms with Gasteiger partial charge in [-0.2, -0.15) is 5.10 Å². The van der Waals surface area contributed by atoms with Gasteiger partial charge in [-0.1, -0.05) is 36.4 Å². The third-order valence-corrected chi connectivity index (χ3v) is 2.91. The maximum Gasteiger partial charge on any atom is 0.0760 e. The van der Waals surface area contributed by atoms with Crippen molar-refractivity contribution in [2.45, 2.75) is 6.92 Å². The Labute approximate surface area is 88.1 Å². The number of benzene rings is 2. The maximum atomic E-state index is 4.46. The van der Waals surface area contributed by atoms with Crippen molar-refractivity contribution in [1.82, 2.24) is 9.78 Å². The first-order valence-corrected chi connectivity index (χ1v) is 5.08. The van der Waals surface area contributed by atoms with Crippen LogP contribution >= 0.6 is 0 Å². The summed E-state index contributed by atoms with van der Waals surface area (Å²) in [5.74, 6) is 0. The summed E-state index contributed by atoms with van der Waals surface area (Å²) in [5.41, 5.74) is 2.32. The quantitative estimate of drug-likeness (QED) is 0.540. The van der Waals surface area contributed by atoms with Crippen LogP contribution in [0.25, 0.3) is 21.7 Å². The van der Waals surface area contributed by atoms with Gasteiger partial charge in [-0.15, -0.1) is 0 Å². The van der Waals surface area contributed by atoms with Crippen LogP contribution in [0.15, 0.2) is 36.4 Å². The number of fused-ring (bicyclic) bond motifs is 3. The monoisotopic (exact) mass is 196 g/mol. The van der Waals surface area contributed by atoms with Crippen LogP contribution in [0.5, 0.6) is 0 Å². The second kappa shape index (κ2) is 2.83. The molecule has 0 saturated carbocycles. The molecule has 3 aromatic rings. The lowest BCUT2D eigenvalue weighted by Crippen LogP contribution is -1.90. The molecule has 0 fully saturated rings. The molecule has 2 heteroatoms. The van der Waals surface area contributed by atoms with Crippen molar-refractivity contribution < 1.29 is 0 Å². The molecular formula is C13H12N2. The molecule has 0 spiro atoms. The van der Waals surface area contributed by atoms with E-state index in [1.165, 1.54) is 21.7 Å². The average Bonchev–Trinajstić information content (AvgIpc) is 2.55. The first-order valence-electron chi connectivity index (χ1n) is 5.08. The van der Waals surface area contributed by atoms with Crippen LogP contribution in [0.1, 0.15) is 5.69 Å². The van der Waals surface area contributed by atoms with Crippen LogP contribution in [0.3, 0.4) is 0 Å². The van der Waals surface area contributed by atoms with Gasteiger partial charge in [0.2, 0.25) is 0 Å². The molecule has 1 heterocycles. The highest BCUT2D eigenvalue weighted by atomic mass is 15.3. The van der Waals surface area contributed by atoms with Crippen LogP contribution in [0.2, 0.25) is 0 Å². The fourth-order valence-electron chi connectivity index (χ4n) is 2.22. The lowest BCUT2D eigenvalue weighted by molar-refractivity contribution is 0.785. The topological polar surface area (TPSA) is 17.8 Å². The Morgan fingerprint density at radius 3 is 2.67 bits per heavy atom. The molecule has 2 aromatic carbocycles. The van der Waals surface area contributed by atoms with Gasteiger partial charge in [0.1, 0.15) is 0 Å². The van der Waals surface area contributed by atoms with Gasteiger partial charge in [-0.05, 0) is 12.3 Å². The van der Waals surface area contributed by atoms with E-state index in [4.69, 9.17) is 0 Å². The molecule has 1 aromatic heterocycles. The first-order chi connectivity index (χ1) is 7.27. The smallest absolute Gasteiger partial charge is 0.0760 e. The molecule has 0 unspecified atom stereocenters. The largest absolute Gasteiger partial charge is 0.267 e. The Morgan fingerprint density at radius 1 is 1.00 bits per heavy atom. The summed E-state index contributed by atoms with van der Waals surface area (Å²) in [6.45, 7) is 2.05. The summed E-state index contributed by atoms with van der Waals surface area (Å²) >= 11 is 0. The van der Waals surface area contributed by atoms with E-state index >= 15 is 0 Å². The van der Waals surface area contributed by atoms with Crippen LogP contribution in [0.4, 0.5) is 0 Å². The van der Waals surface area contributed by atoms with Gasteiger partial charge < -0.3 is 0 Å². The minimum Gasteiger partial charge on any atom is -0.267 e. The molecule has 0 atom stereocenters. The normalized spacial score (nSPS) is 11.3. The lowest BCUT2D eigenvalue weighted by Gasteiger charge is -2.00. The second-order valence-corrected chi connectivity index (χ2v) is 3.89. The van der Waals surface area contributed by atoms with Crippen molar-refractivity contribution >= 4 is 21.7 Å². The Balaban J connectivity index is 2.64. The predicted molar refractivity (Wildman–Crippen MR) is 63.0 cm³/mol. The Bertz CT molecular complexity index is 650. The van der Waals surface area contributed by atoms with E-state index in [9.17, 15) is 0 Å². The molecule has 74 valence electrons. The maximum absolute atomic E-state index is 4.46. The van der Waals surface area contributed by atoms with E-state index in [0.717, 1.165) is 5.69 Å². The SMILES string of the molecule is Cc1nn(C)c2c1ccc1ccccc12. The van der Waals surface area contributed by atoms with Crippen molar-refractivity contribution in [3.63, 3.8) is 0 Å². The van der Waals surface area contributed by atoms with Crippen LogP contribution < -0.4 is 0 Å². The summed E-state index contributed by atoms with van der Waals surface area (Å²) < 4.78 is 1.97. The highest BCUT2D eigenvalue weighted by molar-refractivity contribution is 6.06. The highest BCUT2D eigenvalue weighted by Gasteiger charge is 2.07. The number of aryl methyl sites for hydroxylation is 2. The Hall–Kier alpha value is -1.83. The van der Waals surface area contributed by atoms with E-state index in [2.05, 4.69) is 48.4 Å². The zero-order valence-electron chi connectivity index (χ0n) is 8.86. The highest BCUT2D eigenvalue weighted by Crippen LogP contribution is 2.26. The molecule has 0 bridgehead atoms. The average molecular weight is 196 g/mol. The third kappa shape index (κ3) is 1.08. The van der Waals surface area contributed by atoms with E-state index in [0.29, 0.717) is 0 Å². The van der Waals surface area contributed by atoms with E-state index in [1.807, 2.05) is 11.7 Å². The number of hydrogen-bond donors (Lipinski definition) is 0. The summed E-state index contributed by atoms with van der Waals surface area (Å²) in [6, 6.07) is 12.7. The number of nitrogens with zero attached hydrogens (tertiary/aromatic N) is 2. The molecule has 0 N–H and O–H groups in total. The molecule has 0 amide bonds. The lowest BCUT2D eigenvalue weighted by atomic mass is 10.1. The van der Waals surface area contributed by atoms with E-state index in [1.54, 1.807) is 0 Å². The molecule has 3 rings (SSSR count). The van der Waals surface area contributed by atoms with Gasteiger partial charge >= 0.3 is 0 Å². The molecular weight excluding hydrogens is 184 g/mol. The van der Waals surface area contributed by atoms with Crippen LogP contribution in [-0.2, 0) is 7.05 Å². The van der Waals surface area contributed by atoms with Gasteiger partial charge in [-0.25, -0.2) is 0 Å². The summed E-state index contributed by atoms with van der Waals surface area (Å²) in [4.78, 5) is 0. The summed E-state index contributed by atoms with van der Waals surface area (Å²) in [5, 5.41) is 8.25. The zero-order chi connectivity index (χ0) is 10.4. The van der Waals surface area contributed by atoms with Crippen molar-refractivity contribution in [3.8, 4) is 0 Å². The third-order valence-electron chi connectivity index (χ3n) is 2.91. The molecule has 0 aliphatic rings. The standard InChI is InChI=1S/C13H12N2/c1-9-11-8-7-10-5-3-4-6-12(10)13(11)15(2)14-9/h3-8H,1-2H3. The van der Waals surface area contributed by atoms with Gasteiger partial charge in [0, 0.05) is 17.8 Å². The summed E-state index contributed by atoms with van der Waals surface area (Å²) in [6.07, 6.45) is 0. The second-order valence-electron chi connectivity index (χ2n) is 3.89. The molecule has 0 saturated heterocycles. The molecule has 0 radical (unpaired) electrons. The fourth-order valence-corrected chi connectivity index (χ4v) is 2.22. The minimum atomic E-state index is 1.10. The van der Waals surface area contributed by atoms with E-state index < -0.39 is 0 Å². The van der Waals surface area contributed by atoms with Gasteiger partial charge in [0.25, 0.3) is 0 Å². The Kier molecular flexibility index (Phi) is 1.60. The Morgan fingerprint density at radius 2 is 1.80 bits per heavy atom. The number of aromatic nitrogens is 2. The van der Waals surface area contributed by atoms with Crippen molar-refractivity contribution in [3.05, 3.63) is 42.1 Å². The predicted octanol–water partition coefficient (Wildman–Crippen LogP) is 3.03. The van der Waals surface area contributed by atoms with Gasteiger partial charge in [-0.3, -0.25) is 4.68 Å². The summed E-state index contributed by atoms with van der Waals surface area (Å²) in [7, 11) is 2.00. The first kappa shape index (κ1) is 8.48. The molecule has 0 aliphatic carbocycles. The van der Waals surface area contributed by atoms with Gasteiger partial charge in [0.15, 0.2) is 0 Å². The van der Waals surface area contributed by atoms with Crippen LogP contribution in [-0.4, -0.2) is 9.78 Å². The van der Waals surface area contributed by atoms with Crippen LogP contribution in [0, 0.1) is 6.92 Å². The van der Waals surface area contributed by atoms with E-state index in [-0.39, 0.29) is 0 Å². The zero-order valence-corrected chi connectivity index (χ0v) is 8.86. The van der Waals surface area contributed by atoms with Crippen molar-refractivity contribution in [2.75, 3.05) is 0 Å². The molecule has 0 aliphatic heterocycles. The van der Waals surface area contributed by atoms with Crippen molar-refractivity contribution in [1.29, 1.82) is 0 Å². The number of hydrogen-bond acceptors (Lipinski definition) is 1. The van der Waals surface area contributed by atoms with Gasteiger partial charge in [0.05, 0.1) is 11.2 Å². The molecule has 2 nitrogen and oxygen atoms in total. The van der Waals surface area contributed by atoms with Crippen molar-refractivity contribution in [2.24, 2.45) is 7.05 Å².